The number of benzene rings is 1. The number of hydrogen-bond acceptors (Lipinski definition) is 3. The van der Waals surface area contributed by atoms with Crippen LogP contribution in [0.5, 0.6) is 0 Å². The zero-order chi connectivity index (χ0) is 15.4. The van der Waals surface area contributed by atoms with Crippen molar-refractivity contribution >= 4 is 5.91 Å². The molecule has 4 heteroatoms. The summed E-state index contributed by atoms with van der Waals surface area (Å²) in [7, 11) is 1.69. The molecule has 0 saturated carbocycles. The van der Waals surface area contributed by atoms with Crippen LogP contribution >= 0.6 is 0 Å². The summed E-state index contributed by atoms with van der Waals surface area (Å²) in [6.07, 6.45) is 1.85. The van der Waals surface area contributed by atoms with E-state index < -0.39 is 0 Å². The molecule has 1 aliphatic heterocycles. The molecule has 2 atom stereocenters. The highest BCUT2D eigenvalue weighted by Crippen LogP contribution is 2.20. The first kappa shape index (κ1) is 16.0. The third kappa shape index (κ3) is 4.29. The van der Waals surface area contributed by atoms with Crippen molar-refractivity contribution in [2.24, 2.45) is 11.7 Å². The van der Waals surface area contributed by atoms with Gasteiger partial charge in [-0.25, -0.2) is 0 Å². The monoisotopic (exact) mass is 289 g/mol. The molecule has 0 aromatic heterocycles. The van der Waals surface area contributed by atoms with E-state index in [1.807, 2.05) is 0 Å². The molecule has 2 rings (SSSR count). The summed E-state index contributed by atoms with van der Waals surface area (Å²) in [6.45, 7) is 6.03. The van der Waals surface area contributed by atoms with Gasteiger partial charge in [0.15, 0.2) is 0 Å². The van der Waals surface area contributed by atoms with Gasteiger partial charge < -0.3 is 11.1 Å². The Morgan fingerprint density at radius 1 is 1.33 bits per heavy atom. The van der Waals surface area contributed by atoms with Gasteiger partial charge in [-0.3, -0.25) is 9.69 Å². The van der Waals surface area contributed by atoms with Crippen molar-refractivity contribution in [3.8, 4) is 0 Å². The minimum absolute atomic E-state index is 0.0689. The molecule has 0 spiro atoms. The highest BCUT2D eigenvalue weighted by molar-refractivity contribution is 5.81. The summed E-state index contributed by atoms with van der Waals surface area (Å²) in [6, 6.07) is 8.72. The molecule has 1 aromatic carbocycles. The Balaban J connectivity index is 2.01. The van der Waals surface area contributed by atoms with Gasteiger partial charge in [0.05, 0.1) is 6.04 Å². The van der Waals surface area contributed by atoms with Gasteiger partial charge in [0.1, 0.15) is 0 Å². The van der Waals surface area contributed by atoms with Crippen molar-refractivity contribution in [2.75, 3.05) is 13.6 Å². The van der Waals surface area contributed by atoms with E-state index in [0.29, 0.717) is 5.92 Å². The predicted octanol–water partition coefficient (Wildman–Crippen LogP) is 1.53. The summed E-state index contributed by atoms with van der Waals surface area (Å²) in [5, 5.41) is 2.74. The fraction of sp³-hybridized carbons (Fsp3) is 0.588. The minimum atomic E-state index is -0.0969. The zero-order valence-corrected chi connectivity index (χ0v) is 13.3. The molecule has 3 N–H and O–H groups in total. The summed E-state index contributed by atoms with van der Waals surface area (Å²) < 4.78 is 0. The van der Waals surface area contributed by atoms with Crippen LogP contribution in [-0.4, -0.2) is 36.5 Å². The van der Waals surface area contributed by atoms with Crippen LogP contribution in [0.3, 0.4) is 0 Å². The molecule has 1 amide bonds. The lowest BCUT2D eigenvalue weighted by molar-refractivity contribution is -0.125. The molecule has 1 aliphatic rings. The highest BCUT2D eigenvalue weighted by Gasteiger charge is 2.34. The largest absolute Gasteiger partial charge is 0.358 e. The highest BCUT2D eigenvalue weighted by atomic mass is 16.2. The maximum Gasteiger partial charge on any atom is 0.237 e. The van der Waals surface area contributed by atoms with E-state index in [1.54, 1.807) is 7.05 Å². The first-order chi connectivity index (χ1) is 9.99. The van der Waals surface area contributed by atoms with E-state index >= 15 is 0 Å². The summed E-state index contributed by atoms with van der Waals surface area (Å²) in [4.78, 5) is 14.1. The van der Waals surface area contributed by atoms with Crippen LogP contribution in [-0.2, 0) is 17.8 Å². The predicted molar refractivity (Wildman–Crippen MR) is 85.8 cm³/mol. The average Bonchev–Trinajstić information content (AvgIpc) is 2.80. The first-order valence-electron chi connectivity index (χ1n) is 7.78. The van der Waals surface area contributed by atoms with Crippen LogP contribution in [0, 0.1) is 5.92 Å². The molecular weight excluding hydrogens is 262 g/mol. The molecule has 0 aliphatic carbocycles. The molecule has 21 heavy (non-hydrogen) atoms. The smallest absolute Gasteiger partial charge is 0.237 e. The number of carbonyl (C=O) groups excluding carboxylic acids is 1. The van der Waals surface area contributed by atoms with Crippen LogP contribution in [0.1, 0.15) is 31.4 Å². The molecule has 1 aromatic rings. The number of rotatable bonds is 5. The number of nitrogens with two attached hydrogens (primary N) is 1. The van der Waals surface area contributed by atoms with Gasteiger partial charge in [-0.15, -0.1) is 0 Å². The fourth-order valence-electron chi connectivity index (χ4n) is 3.04. The second-order valence-electron chi connectivity index (χ2n) is 6.47. The number of nitrogens with zero attached hydrogens (tertiary/aromatic N) is 1. The lowest BCUT2D eigenvalue weighted by atomic mass is 10.0. The second-order valence-corrected chi connectivity index (χ2v) is 6.47. The number of nitrogens with one attached hydrogen (secondary N) is 1. The van der Waals surface area contributed by atoms with E-state index in [0.717, 1.165) is 25.9 Å². The van der Waals surface area contributed by atoms with Gasteiger partial charge in [-0.1, -0.05) is 38.1 Å². The van der Waals surface area contributed by atoms with Gasteiger partial charge >= 0.3 is 0 Å². The minimum Gasteiger partial charge on any atom is -0.358 e. The van der Waals surface area contributed by atoms with Crippen molar-refractivity contribution in [3.63, 3.8) is 0 Å². The van der Waals surface area contributed by atoms with E-state index in [1.165, 1.54) is 11.1 Å². The fourth-order valence-corrected chi connectivity index (χ4v) is 3.04. The Morgan fingerprint density at radius 3 is 2.52 bits per heavy atom. The Hall–Kier alpha value is -1.39. The number of likely N-dealkylation sites (tertiary alicyclic amines) is 1. The van der Waals surface area contributed by atoms with Crippen molar-refractivity contribution < 1.29 is 4.79 Å². The number of likely N-dealkylation sites (N-methyl/N-ethyl adjacent to an activating group) is 1. The topological polar surface area (TPSA) is 58.4 Å². The Bertz CT molecular complexity index is 469. The van der Waals surface area contributed by atoms with Crippen molar-refractivity contribution in [2.45, 2.75) is 45.3 Å². The maximum absolute atomic E-state index is 11.9. The number of amides is 1. The molecule has 1 fully saturated rings. The van der Waals surface area contributed by atoms with Crippen LogP contribution < -0.4 is 11.1 Å². The van der Waals surface area contributed by atoms with Gasteiger partial charge in [-0.2, -0.15) is 0 Å². The second kappa shape index (κ2) is 7.05. The maximum atomic E-state index is 11.9. The average molecular weight is 289 g/mol. The van der Waals surface area contributed by atoms with Crippen molar-refractivity contribution in [1.29, 1.82) is 0 Å². The van der Waals surface area contributed by atoms with E-state index in [2.05, 4.69) is 48.3 Å². The van der Waals surface area contributed by atoms with Crippen molar-refractivity contribution in [1.82, 2.24) is 10.2 Å². The van der Waals surface area contributed by atoms with Gasteiger partial charge in [0.25, 0.3) is 0 Å². The van der Waals surface area contributed by atoms with Crippen LogP contribution in [0.25, 0.3) is 0 Å². The van der Waals surface area contributed by atoms with E-state index in [-0.39, 0.29) is 18.0 Å². The molecule has 0 radical (unpaired) electrons. The molecule has 1 saturated heterocycles. The van der Waals surface area contributed by atoms with Gasteiger partial charge in [-0.05, 0) is 29.9 Å². The van der Waals surface area contributed by atoms with Gasteiger partial charge in [0, 0.05) is 26.2 Å². The lowest BCUT2D eigenvalue weighted by Crippen LogP contribution is -2.41. The summed E-state index contributed by atoms with van der Waals surface area (Å²) >= 11 is 0. The SMILES string of the molecule is CNC(=O)[C@@H]1C[C@H](N)CN1Cc1ccc(CC(C)C)cc1. The van der Waals surface area contributed by atoms with Crippen LogP contribution in [0.2, 0.25) is 0 Å². The van der Waals surface area contributed by atoms with Gasteiger partial charge in [0.2, 0.25) is 5.91 Å². The van der Waals surface area contributed by atoms with Crippen molar-refractivity contribution in [3.05, 3.63) is 35.4 Å². The molecule has 1 heterocycles. The number of hydrogen-bond donors (Lipinski definition) is 2. The quantitative estimate of drug-likeness (QED) is 0.864. The zero-order valence-electron chi connectivity index (χ0n) is 13.3. The summed E-state index contributed by atoms with van der Waals surface area (Å²) in [5.41, 5.74) is 8.63. The van der Waals surface area contributed by atoms with E-state index in [4.69, 9.17) is 5.73 Å². The lowest BCUT2D eigenvalue weighted by Gasteiger charge is -2.23. The van der Waals surface area contributed by atoms with E-state index in [9.17, 15) is 4.79 Å². The summed E-state index contributed by atoms with van der Waals surface area (Å²) in [5.74, 6) is 0.740. The van der Waals surface area contributed by atoms with Crippen LogP contribution in [0.4, 0.5) is 0 Å². The standard InChI is InChI=1S/C17H27N3O/c1-12(2)8-13-4-6-14(7-5-13)10-20-11-15(18)9-16(20)17(21)19-3/h4-7,12,15-16H,8-11,18H2,1-3H3,(H,19,21)/t15-,16-/m0/s1. The third-order valence-corrected chi connectivity index (χ3v) is 4.04. The third-order valence-electron chi connectivity index (χ3n) is 4.04. The Kier molecular flexibility index (Phi) is 5.37. The first-order valence-corrected chi connectivity index (χ1v) is 7.78. The molecule has 0 bridgehead atoms. The normalized spacial score (nSPS) is 22.7. The van der Waals surface area contributed by atoms with Crippen LogP contribution in [0.15, 0.2) is 24.3 Å². The molecule has 0 unspecified atom stereocenters. The number of carbonyl (C=O) groups is 1. The molecular formula is C17H27N3O. The Morgan fingerprint density at radius 2 is 1.95 bits per heavy atom. The molecule has 116 valence electrons. The Labute approximate surface area is 127 Å². The molecule has 4 nitrogen and oxygen atoms in total.